The fraction of sp³-hybridized carbons (Fsp3) is 0.200. The van der Waals surface area contributed by atoms with Crippen molar-refractivity contribution in [2.45, 2.75) is 27.7 Å². The summed E-state index contributed by atoms with van der Waals surface area (Å²) in [7, 11) is 0. The number of hydrogen-bond acceptors (Lipinski definition) is 2. The van der Waals surface area contributed by atoms with Crippen molar-refractivity contribution < 1.29 is 8.78 Å². The molecule has 1 aliphatic heterocycles. The van der Waals surface area contributed by atoms with E-state index in [1.165, 1.54) is 57.9 Å². The third-order valence-electron chi connectivity index (χ3n) is 6.99. The van der Waals surface area contributed by atoms with Gasteiger partial charge in [-0.2, -0.15) is 0 Å². The van der Waals surface area contributed by atoms with E-state index in [4.69, 9.17) is 0 Å². The lowest BCUT2D eigenvalue weighted by Crippen LogP contribution is -2.27. The van der Waals surface area contributed by atoms with E-state index < -0.39 is 0 Å². The molecule has 0 atom stereocenters. The Hall–Kier alpha value is -4.54. The largest absolute Gasteiger partial charge is 0.352 e. The van der Waals surface area contributed by atoms with Crippen molar-refractivity contribution in [1.29, 1.82) is 0 Å². The molecule has 0 radical (unpaired) electrons. The van der Waals surface area contributed by atoms with Crippen LogP contribution in [0.25, 0.3) is 0 Å². The lowest BCUT2D eigenvalue weighted by atomic mass is 10.0. The SMILES string of the molecule is Cc1cc(C#Cc2ccc(F)cc2)cc(C)c1N1CCN(c2c(C)cc(C#Cc3ccc(F)cc3)cc2C)C1. The topological polar surface area (TPSA) is 6.48 Å². The zero-order valence-electron chi connectivity index (χ0n) is 22.7. The summed E-state index contributed by atoms with van der Waals surface area (Å²) in [4.78, 5) is 4.87. The third-order valence-corrected chi connectivity index (χ3v) is 6.99. The van der Waals surface area contributed by atoms with Crippen LogP contribution in [-0.4, -0.2) is 19.8 Å². The Bertz CT molecular complexity index is 1470. The Kier molecular flexibility index (Phi) is 7.40. The number of halogens is 2. The van der Waals surface area contributed by atoms with Crippen molar-refractivity contribution in [2.75, 3.05) is 29.6 Å². The van der Waals surface area contributed by atoms with Crippen LogP contribution in [0, 0.1) is 63.0 Å². The summed E-state index contributed by atoms with van der Waals surface area (Å²) >= 11 is 0. The van der Waals surface area contributed by atoms with Gasteiger partial charge in [0, 0.05) is 46.7 Å². The van der Waals surface area contributed by atoms with E-state index in [0.717, 1.165) is 42.0 Å². The molecule has 2 nitrogen and oxygen atoms in total. The van der Waals surface area contributed by atoms with Crippen LogP contribution in [0.5, 0.6) is 0 Å². The first-order valence-electron chi connectivity index (χ1n) is 13.0. The van der Waals surface area contributed by atoms with Crippen LogP contribution in [0.4, 0.5) is 20.2 Å². The normalized spacial score (nSPS) is 12.6. The molecule has 4 heteroatoms. The van der Waals surface area contributed by atoms with Gasteiger partial charge in [0.05, 0.1) is 6.67 Å². The molecule has 0 unspecified atom stereocenters. The Balaban J connectivity index is 1.33. The molecule has 0 bridgehead atoms. The molecule has 39 heavy (non-hydrogen) atoms. The van der Waals surface area contributed by atoms with Gasteiger partial charge in [0.1, 0.15) is 11.6 Å². The molecular weight excluding hydrogens is 486 g/mol. The maximum Gasteiger partial charge on any atom is 0.123 e. The number of benzene rings is 4. The molecular formula is C35H30F2N2. The molecule has 4 aromatic rings. The van der Waals surface area contributed by atoms with Crippen molar-refractivity contribution in [3.63, 3.8) is 0 Å². The molecule has 0 aromatic heterocycles. The van der Waals surface area contributed by atoms with E-state index in [1.54, 1.807) is 24.3 Å². The summed E-state index contributed by atoms with van der Waals surface area (Å²) in [6.45, 7) is 11.2. The lowest BCUT2D eigenvalue weighted by Gasteiger charge is -2.26. The molecule has 0 saturated carbocycles. The zero-order valence-corrected chi connectivity index (χ0v) is 22.7. The highest BCUT2D eigenvalue weighted by Gasteiger charge is 2.25. The van der Waals surface area contributed by atoms with Crippen molar-refractivity contribution in [1.82, 2.24) is 0 Å². The van der Waals surface area contributed by atoms with Gasteiger partial charge in [0.25, 0.3) is 0 Å². The maximum atomic E-state index is 13.2. The molecule has 0 aliphatic carbocycles. The zero-order chi connectivity index (χ0) is 27.5. The molecule has 1 heterocycles. The van der Waals surface area contributed by atoms with E-state index in [2.05, 4.69) is 85.4 Å². The molecule has 0 spiro atoms. The van der Waals surface area contributed by atoms with Gasteiger partial charge in [0.2, 0.25) is 0 Å². The Morgan fingerprint density at radius 2 is 0.795 bits per heavy atom. The first kappa shape index (κ1) is 26.1. The average Bonchev–Trinajstić information content (AvgIpc) is 3.36. The summed E-state index contributed by atoms with van der Waals surface area (Å²) in [5.74, 6) is 12.2. The summed E-state index contributed by atoms with van der Waals surface area (Å²) in [6.07, 6.45) is 0. The minimum Gasteiger partial charge on any atom is -0.352 e. The number of hydrogen-bond donors (Lipinski definition) is 0. The van der Waals surface area contributed by atoms with Gasteiger partial charge in [-0.05, 0) is 123 Å². The second kappa shape index (κ2) is 11.1. The van der Waals surface area contributed by atoms with Crippen LogP contribution < -0.4 is 9.80 Å². The van der Waals surface area contributed by atoms with Gasteiger partial charge in [-0.1, -0.05) is 23.7 Å². The molecule has 1 fully saturated rings. The summed E-state index contributed by atoms with van der Waals surface area (Å²) < 4.78 is 26.3. The van der Waals surface area contributed by atoms with Crippen molar-refractivity contribution >= 4 is 11.4 Å². The van der Waals surface area contributed by atoms with Crippen molar-refractivity contribution in [3.8, 4) is 23.7 Å². The molecule has 194 valence electrons. The smallest absolute Gasteiger partial charge is 0.123 e. The Morgan fingerprint density at radius 1 is 0.487 bits per heavy atom. The van der Waals surface area contributed by atoms with Crippen molar-refractivity contribution in [3.05, 3.63) is 129 Å². The fourth-order valence-corrected chi connectivity index (χ4v) is 5.36. The first-order valence-corrected chi connectivity index (χ1v) is 13.0. The van der Waals surface area contributed by atoms with Crippen LogP contribution in [-0.2, 0) is 0 Å². The highest BCUT2D eigenvalue weighted by molar-refractivity contribution is 5.68. The van der Waals surface area contributed by atoms with Crippen LogP contribution in [0.2, 0.25) is 0 Å². The Labute approximate surface area is 229 Å². The minimum absolute atomic E-state index is 0.256. The van der Waals surface area contributed by atoms with E-state index in [0.29, 0.717) is 0 Å². The monoisotopic (exact) mass is 516 g/mol. The van der Waals surface area contributed by atoms with Crippen LogP contribution in [0.15, 0.2) is 72.8 Å². The standard InChI is InChI=1S/C35H30F2N2/c1-24-19-30(7-5-28-9-13-32(36)14-10-28)20-25(2)34(24)38-17-18-39(23-38)35-26(3)21-31(22-27(35)4)8-6-29-11-15-33(37)16-12-29/h9-16,19-22H,17-18,23H2,1-4H3. The van der Waals surface area contributed by atoms with Gasteiger partial charge < -0.3 is 9.80 Å². The summed E-state index contributed by atoms with van der Waals surface area (Å²) in [6, 6.07) is 21.0. The van der Waals surface area contributed by atoms with E-state index in [1.807, 2.05) is 0 Å². The van der Waals surface area contributed by atoms with Crippen LogP contribution in [0.1, 0.15) is 44.5 Å². The van der Waals surface area contributed by atoms with E-state index >= 15 is 0 Å². The first-order chi connectivity index (χ1) is 18.8. The van der Waals surface area contributed by atoms with Gasteiger partial charge in [-0.3, -0.25) is 0 Å². The molecule has 4 aromatic carbocycles. The van der Waals surface area contributed by atoms with Gasteiger partial charge in [-0.15, -0.1) is 0 Å². The van der Waals surface area contributed by atoms with Gasteiger partial charge >= 0.3 is 0 Å². The number of anilines is 2. The second-order valence-electron chi connectivity index (χ2n) is 10.1. The number of aryl methyl sites for hydroxylation is 4. The van der Waals surface area contributed by atoms with Crippen LogP contribution in [0.3, 0.4) is 0 Å². The Morgan fingerprint density at radius 3 is 1.13 bits per heavy atom. The molecule has 0 amide bonds. The highest BCUT2D eigenvalue weighted by atomic mass is 19.1. The highest BCUT2D eigenvalue weighted by Crippen LogP contribution is 2.33. The maximum absolute atomic E-state index is 13.2. The number of nitrogens with zero attached hydrogens (tertiary/aromatic N) is 2. The predicted molar refractivity (Wildman–Crippen MR) is 156 cm³/mol. The van der Waals surface area contributed by atoms with E-state index in [9.17, 15) is 8.78 Å². The minimum atomic E-state index is -0.256. The molecule has 5 rings (SSSR count). The molecule has 1 saturated heterocycles. The van der Waals surface area contributed by atoms with Gasteiger partial charge in [0.15, 0.2) is 0 Å². The fourth-order valence-electron chi connectivity index (χ4n) is 5.36. The number of rotatable bonds is 2. The predicted octanol–water partition coefficient (Wildman–Crippen LogP) is 7.28. The van der Waals surface area contributed by atoms with Crippen molar-refractivity contribution in [2.24, 2.45) is 0 Å². The average molecular weight is 517 g/mol. The van der Waals surface area contributed by atoms with Gasteiger partial charge in [-0.25, -0.2) is 8.78 Å². The summed E-state index contributed by atoms with van der Waals surface area (Å²) in [5, 5.41) is 0. The van der Waals surface area contributed by atoms with E-state index in [-0.39, 0.29) is 11.6 Å². The van der Waals surface area contributed by atoms with Crippen LogP contribution >= 0.6 is 0 Å². The molecule has 0 N–H and O–H groups in total. The quantitative estimate of drug-likeness (QED) is 0.258. The molecule has 1 aliphatic rings. The second-order valence-corrected chi connectivity index (χ2v) is 10.1. The lowest BCUT2D eigenvalue weighted by molar-refractivity contribution is 0.627. The summed E-state index contributed by atoms with van der Waals surface area (Å²) in [5.41, 5.74) is 10.8. The third kappa shape index (κ3) is 5.97.